The van der Waals surface area contributed by atoms with Crippen molar-refractivity contribution in [3.05, 3.63) is 64.7 Å². The van der Waals surface area contributed by atoms with Crippen LogP contribution in [-0.4, -0.2) is 79.2 Å². The number of aliphatic hydroxyl groups excluding tert-OH is 1. The Morgan fingerprint density at radius 3 is 2.38 bits per heavy atom. The molecule has 1 atom stereocenters. The highest BCUT2D eigenvalue weighted by atomic mass is 16.5. The van der Waals surface area contributed by atoms with Crippen LogP contribution in [0.3, 0.4) is 0 Å². The third-order valence-electron chi connectivity index (χ3n) is 7.22. The van der Waals surface area contributed by atoms with Crippen molar-refractivity contribution in [1.82, 2.24) is 9.80 Å². The summed E-state index contributed by atoms with van der Waals surface area (Å²) in [6, 6.07) is 12.2. The fourth-order valence-electron chi connectivity index (χ4n) is 5.11. The normalized spacial score (nSPS) is 19.4. The van der Waals surface area contributed by atoms with Crippen LogP contribution in [0.4, 0.5) is 0 Å². The highest BCUT2D eigenvalue weighted by Gasteiger charge is 2.46. The lowest BCUT2D eigenvalue weighted by molar-refractivity contribution is -0.140. The fraction of sp³-hybridized carbons (Fsp3) is 0.500. The molecule has 1 amide bonds. The van der Waals surface area contributed by atoms with Gasteiger partial charge in [-0.1, -0.05) is 32.9 Å². The number of benzene rings is 2. The second-order valence-corrected chi connectivity index (χ2v) is 10.9. The van der Waals surface area contributed by atoms with E-state index in [1.54, 1.807) is 17.0 Å². The van der Waals surface area contributed by atoms with E-state index in [-0.39, 0.29) is 11.3 Å². The average molecular weight is 551 g/mol. The molecule has 0 bridgehead atoms. The summed E-state index contributed by atoms with van der Waals surface area (Å²) in [5, 5.41) is 11.5. The van der Waals surface area contributed by atoms with E-state index in [9.17, 15) is 14.7 Å². The summed E-state index contributed by atoms with van der Waals surface area (Å²) < 4.78 is 17.0. The third-order valence-corrected chi connectivity index (χ3v) is 7.22. The summed E-state index contributed by atoms with van der Waals surface area (Å²) in [6.07, 6.45) is 1.61. The minimum Gasteiger partial charge on any atom is -0.507 e. The van der Waals surface area contributed by atoms with E-state index in [1.807, 2.05) is 44.2 Å². The number of carbonyl (C=O) groups is 2. The molecule has 0 aliphatic carbocycles. The summed E-state index contributed by atoms with van der Waals surface area (Å²) >= 11 is 0. The van der Waals surface area contributed by atoms with Crippen molar-refractivity contribution >= 4 is 17.4 Å². The van der Waals surface area contributed by atoms with Gasteiger partial charge in [-0.3, -0.25) is 14.5 Å². The van der Waals surface area contributed by atoms with E-state index in [2.05, 4.69) is 18.7 Å². The predicted molar refractivity (Wildman–Crippen MR) is 155 cm³/mol. The predicted octanol–water partition coefficient (Wildman–Crippen LogP) is 4.96. The molecule has 0 spiro atoms. The monoisotopic (exact) mass is 550 g/mol. The molecule has 8 heteroatoms. The Labute approximate surface area is 237 Å². The highest BCUT2D eigenvalue weighted by molar-refractivity contribution is 6.46. The van der Waals surface area contributed by atoms with Gasteiger partial charge in [0, 0.05) is 31.7 Å². The molecular formula is C32H42N2O6. The number of nitrogens with zero attached hydrogens (tertiary/aromatic N) is 2. The van der Waals surface area contributed by atoms with E-state index in [0.29, 0.717) is 56.6 Å². The molecule has 40 heavy (non-hydrogen) atoms. The van der Waals surface area contributed by atoms with E-state index < -0.39 is 17.7 Å². The van der Waals surface area contributed by atoms with Crippen molar-refractivity contribution in [1.29, 1.82) is 0 Å². The molecule has 0 saturated carbocycles. The number of hydrogen-bond acceptors (Lipinski definition) is 7. The van der Waals surface area contributed by atoms with E-state index in [4.69, 9.17) is 14.2 Å². The number of likely N-dealkylation sites (tertiary alicyclic amines) is 1. The van der Waals surface area contributed by atoms with E-state index in [0.717, 1.165) is 42.9 Å². The Bertz CT molecular complexity index is 1200. The van der Waals surface area contributed by atoms with Crippen LogP contribution >= 0.6 is 0 Å². The van der Waals surface area contributed by atoms with Crippen LogP contribution in [0.2, 0.25) is 0 Å². The lowest BCUT2D eigenvalue weighted by atomic mass is 9.93. The summed E-state index contributed by atoms with van der Waals surface area (Å²) in [5.74, 6) is 0.381. The van der Waals surface area contributed by atoms with Gasteiger partial charge >= 0.3 is 0 Å². The van der Waals surface area contributed by atoms with Gasteiger partial charge in [0.1, 0.15) is 17.3 Å². The molecule has 2 heterocycles. The first-order valence-electron chi connectivity index (χ1n) is 14.3. The molecule has 0 aromatic heterocycles. The van der Waals surface area contributed by atoms with Crippen molar-refractivity contribution in [2.75, 3.05) is 52.6 Å². The fourth-order valence-corrected chi connectivity index (χ4v) is 5.11. The second kappa shape index (κ2) is 13.8. The molecule has 0 radical (unpaired) electrons. The van der Waals surface area contributed by atoms with Gasteiger partial charge < -0.3 is 24.2 Å². The zero-order valence-electron chi connectivity index (χ0n) is 24.2. The number of morpholine rings is 1. The maximum atomic E-state index is 13.5. The topological polar surface area (TPSA) is 88.5 Å². The number of hydrogen-bond donors (Lipinski definition) is 1. The molecule has 216 valence electrons. The molecule has 1 N–H and O–H groups in total. The summed E-state index contributed by atoms with van der Waals surface area (Å²) in [4.78, 5) is 30.7. The number of Topliss-reactive ketones (excluding diaryl/α,β-unsaturated/α-hetero) is 1. The van der Waals surface area contributed by atoms with Crippen molar-refractivity contribution in [3.63, 3.8) is 0 Å². The number of ether oxygens (including phenoxy) is 3. The van der Waals surface area contributed by atoms with Crippen molar-refractivity contribution in [2.24, 2.45) is 5.92 Å². The number of amides is 1. The molecule has 2 aliphatic rings. The zero-order chi connectivity index (χ0) is 28.6. The third kappa shape index (κ3) is 7.04. The minimum absolute atomic E-state index is 0.109. The van der Waals surface area contributed by atoms with Crippen LogP contribution in [-0.2, 0) is 14.3 Å². The van der Waals surface area contributed by atoms with Gasteiger partial charge in [0.2, 0.25) is 0 Å². The molecular weight excluding hydrogens is 508 g/mol. The summed E-state index contributed by atoms with van der Waals surface area (Å²) in [7, 11) is 0. The van der Waals surface area contributed by atoms with E-state index >= 15 is 0 Å². The maximum absolute atomic E-state index is 13.5. The molecule has 8 nitrogen and oxygen atoms in total. The first kappa shape index (κ1) is 29.6. The zero-order valence-corrected chi connectivity index (χ0v) is 24.2. The molecule has 1 unspecified atom stereocenters. The Kier molecular flexibility index (Phi) is 10.2. The van der Waals surface area contributed by atoms with Crippen LogP contribution < -0.4 is 9.47 Å². The Morgan fingerprint density at radius 2 is 1.73 bits per heavy atom. The van der Waals surface area contributed by atoms with Gasteiger partial charge in [0.05, 0.1) is 38.0 Å². The van der Waals surface area contributed by atoms with Crippen LogP contribution in [0.15, 0.2) is 48.0 Å². The molecule has 2 aromatic rings. The molecule has 2 aromatic carbocycles. The van der Waals surface area contributed by atoms with Crippen molar-refractivity contribution in [3.8, 4) is 11.5 Å². The number of aliphatic hydroxyl groups is 1. The van der Waals surface area contributed by atoms with Gasteiger partial charge in [-0.05, 0) is 67.1 Å². The van der Waals surface area contributed by atoms with Gasteiger partial charge in [-0.2, -0.15) is 0 Å². The molecule has 2 saturated heterocycles. The largest absolute Gasteiger partial charge is 0.507 e. The molecule has 2 aliphatic heterocycles. The summed E-state index contributed by atoms with van der Waals surface area (Å²) in [5.41, 5.74) is 2.14. The van der Waals surface area contributed by atoms with Gasteiger partial charge in [0.15, 0.2) is 0 Å². The Balaban J connectivity index is 1.66. The van der Waals surface area contributed by atoms with Crippen molar-refractivity contribution < 1.29 is 28.9 Å². The van der Waals surface area contributed by atoms with E-state index in [1.165, 1.54) is 0 Å². The smallest absolute Gasteiger partial charge is 0.295 e. The van der Waals surface area contributed by atoms with Gasteiger partial charge in [0.25, 0.3) is 11.7 Å². The van der Waals surface area contributed by atoms with Crippen LogP contribution in [0.1, 0.15) is 56.3 Å². The van der Waals surface area contributed by atoms with Crippen LogP contribution in [0, 0.1) is 12.8 Å². The first-order valence-corrected chi connectivity index (χ1v) is 14.3. The minimum atomic E-state index is -0.693. The number of carbonyl (C=O) groups excluding carboxylic acids is 2. The number of aryl methyl sites for hydroxylation is 1. The maximum Gasteiger partial charge on any atom is 0.295 e. The van der Waals surface area contributed by atoms with Crippen molar-refractivity contribution in [2.45, 2.75) is 46.6 Å². The number of rotatable bonds is 12. The molecule has 4 rings (SSSR count). The standard InChI is InChI=1S/C32H42N2O6/c1-5-17-39-25-9-7-24(8-10-25)29-28(30(35)27-12-11-26(20-23(27)4)40-21-22(2)3)31(36)32(37)34(29)14-6-13-33-15-18-38-19-16-33/h7-12,20,22,29,35H,5-6,13-19,21H2,1-4H3. The lowest BCUT2D eigenvalue weighted by Crippen LogP contribution is -2.38. The SMILES string of the molecule is CCCOc1ccc(C2C(=C(O)c3ccc(OCC(C)C)cc3C)C(=O)C(=O)N2CCCN2CCOCC2)cc1. The lowest BCUT2D eigenvalue weighted by Gasteiger charge is -2.29. The molecule has 2 fully saturated rings. The Morgan fingerprint density at radius 1 is 1.02 bits per heavy atom. The highest BCUT2D eigenvalue weighted by Crippen LogP contribution is 2.40. The van der Waals surface area contributed by atoms with Gasteiger partial charge in [-0.25, -0.2) is 0 Å². The average Bonchev–Trinajstić information content (AvgIpc) is 3.20. The summed E-state index contributed by atoms with van der Waals surface area (Å²) in [6.45, 7) is 13.6. The first-order chi connectivity index (χ1) is 19.3. The second-order valence-electron chi connectivity index (χ2n) is 10.9. The van der Waals surface area contributed by atoms with Crippen LogP contribution in [0.5, 0.6) is 11.5 Å². The quantitative estimate of drug-likeness (QED) is 0.227. The number of ketones is 1. The van der Waals surface area contributed by atoms with Crippen LogP contribution in [0.25, 0.3) is 5.76 Å². The Hall–Kier alpha value is -3.36. The van der Waals surface area contributed by atoms with Gasteiger partial charge in [-0.15, -0.1) is 0 Å².